The number of rotatable bonds is 0. The van der Waals surface area contributed by atoms with E-state index in [-0.39, 0.29) is 5.69 Å². The van der Waals surface area contributed by atoms with Crippen LogP contribution in [0.5, 0.6) is 11.5 Å². The van der Waals surface area contributed by atoms with Crippen LogP contribution < -0.4 is 5.43 Å². The van der Waals surface area contributed by atoms with E-state index in [1.807, 2.05) is 0 Å². The van der Waals surface area contributed by atoms with E-state index in [2.05, 4.69) is 12.8 Å². The number of aromatic nitrogens is 1. The minimum atomic E-state index is -3.67. The number of carbonyl (C=O) groups is 1. The fourth-order valence-corrected chi connectivity index (χ4v) is 2.38. The lowest BCUT2D eigenvalue weighted by molar-refractivity contribution is -0.0920. The molecule has 0 saturated carbocycles. The van der Waals surface area contributed by atoms with Crippen molar-refractivity contribution in [2.24, 2.45) is 0 Å². The highest BCUT2D eigenvalue weighted by molar-refractivity contribution is 5.96. The number of hydrogen-bond donors (Lipinski definition) is 2. The molecule has 24 heavy (non-hydrogen) atoms. The number of pyridine rings is 1. The SMILES string of the molecule is C#C.FC(F)F.O=C1c2c(O)c(=O)c(O)cn2C[C@H]2OCCCN12. The maximum absolute atomic E-state index is 12.2. The molecule has 2 N–H and O–H groups in total. The highest BCUT2D eigenvalue weighted by Crippen LogP contribution is 2.27. The molecule has 0 bridgehead atoms. The highest BCUT2D eigenvalue weighted by atomic mass is 19.4. The number of ether oxygens (including phenoxy) is 1. The molecule has 0 aromatic carbocycles. The number of terminal acetylenes is 1. The first-order valence-corrected chi connectivity index (χ1v) is 6.66. The van der Waals surface area contributed by atoms with Gasteiger partial charge in [-0.15, -0.1) is 12.8 Å². The summed E-state index contributed by atoms with van der Waals surface area (Å²) in [5.41, 5.74) is -1.01. The predicted octanol–water partition coefficient (Wildman–Crippen LogP) is 0.890. The van der Waals surface area contributed by atoms with Crippen molar-refractivity contribution in [2.75, 3.05) is 13.2 Å². The summed E-state index contributed by atoms with van der Waals surface area (Å²) in [6.45, 7) is -2.26. The molecular formula is C14H15F3N2O5. The Bertz CT molecular complexity index is 672. The molecule has 3 heterocycles. The average molecular weight is 348 g/mol. The van der Waals surface area contributed by atoms with Crippen LogP contribution in [0.3, 0.4) is 0 Å². The Labute approximate surface area is 134 Å². The van der Waals surface area contributed by atoms with Gasteiger partial charge in [-0.2, -0.15) is 13.2 Å². The number of aromatic hydroxyl groups is 2. The summed E-state index contributed by atoms with van der Waals surface area (Å²) >= 11 is 0. The van der Waals surface area contributed by atoms with Crippen molar-refractivity contribution in [3.63, 3.8) is 0 Å². The molecule has 1 fully saturated rings. The second kappa shape index (κ2) is 8.26. The third-order valence-electron chi connectivity index (χ3n) is 3.25. The van der Waals surface area contributed by atoms with Crippen LogP contribution in [0.1, 0.15) is 16.9 Å². The zero-order valence-corrected chi connectivity index (χ0v) is 12.4. The van der Waals surface area contributed by atoms with Crippen molar-refractivity contribution in [1.29, 1.82) is 0 Å². The fraction of sp³-hybridized carbons (Fsp3) is 0.429. The Morgan fingerprint density at radius 2 is 1.83 bits per heavy atom. The molecule has 0 unspecified atom stereocenters. The normalized spacial score (nSPS) is 18.5. The van der Waals surface area contributed by atoms with Crippen LogP contribution in [-0.2, 0) is 11.3 Å². The summed E-state index contributed by atoms with van der Waals surface area (Å²) in [5, 5.41) is 19.1. The molecule has 1 aromatic heterocycles. The van der Waals surface area contributed by atoms with Gasteiger partial charge in [0.2, 0.25) is 0 Å². The van der Waals surface area contributed by atoms with Gasteiger partial charge in [-0.05, 0) is 6.42 Å². The van der Waals surface area contributed by atoms with Crippen LogP contribution in [0.2, 0.25) is 0 Å². The Kier molecular flexibility index (Phi) is 6.67. The van der Waals surface area contributed by atoms with Crippen LogP contribution in [0.4, 0.5) is 13.2 Å². The van der Waals surface area contributed by atoms with Gasteiger partial charge < -0.3 is 24.4 Å². The summed E-state index contributed by atoms with van der Waals surface area (Å²) in [5.74, 6) is -1.72. The monoisotopic (exact) mass is 348 g/mol. The number of hydrogen-bond acceptors (Lipinski definition) is 5. The number of halogens is 3. The van der Waals surface area contributed by atoms with Gasteiger partial charge in [0.25, 0.3) is 11.3 Å². The van der Waals surface area contributed by atoms with Crippen LogP contribution in [0.25, 0.3) is 0 Å². The van der Waals surface area contributed by atoms with Crippen molar-refractivity contribution < 1.29 is 32.9 Å². The lowest BCUT2D eigenvalue weighted by Gasteiger charge is -2.40. The van der Waals surface area contributed by atoms with Gasteiger partial charge in [0.05, 0.1) is 19.3 Å². The molecular weight excluding hydrogens is 333 g/mol. The maximum atomic E-state index is 12.2. The van der Waals surface area contributed by atoms with Crippen molar-refractivity contribution in [2.45, 2.75) is 25.9 Å². The minimum Gasteiger partial charge on any atom is -0.503 e. The second-order valence-corrected chi connectivity index (χ2v) is 4.62. The van der Waals surface area contributed by atoms with Gasteiger partial charge in [0.1, 0.15) is 0 Å². The zero-order chi connectivity index (χ0) is 18.4. The molecule has 3 rings (SSSR count). The van der Waals surface area contributed by atoms with E-state index in [1.165, 1.54) is 9.47 Å². The standard InChI is InChI=1S/C11H12N2O5.C2H2.CHF3/c14-6-4-12-5-7-13(2-1-3-18-7)11(17)8(12)10(16)9(6)15;1-2;2-1(3)4/h4,7,14,16H,1-3,5H2;1-2H;1H/t7-;;/m1../s1. The smallest absolute Gasteiger partial charge is 0.379 e. The first-order chi connectivity index (χ1) is 11.3. The zero-order valence-electron chi connectivity index (χ0n) is 12.4. The summed E-state index contributed by atoms with van der Waals surface area (Å²) in [7, 11) is 0. The summed E-state index contributed by atoms with van der Waals surface area (Å²) in [6, 6.07) is 0. The first kappa shape index (κ1) is 19.4. The molecule has 0 radical (unpaired) electrons. The maximum Gasteiger partial charge on any atom is 0.379 e. The Balaban J connectivity index is 0.000000423. The van der Waals surface area contributed by atoms with Gasteiger partial charge in [-0.1, -0.05) is 0 Å². The molecule has 2 aliphatic rings. The van der Waals surface area contributed by atoms with E-state index in [0.717, 1.165) is 12.6 Å². The highest BCUT2D eigenvalue weighted by Gasteiger charge is 2.37. The van der Waals surface area contributed by atoms with Gasteiger partial charge in [0.15, 0.2) is 23.4 Å². The largest absolute Gasteiger partial charge is 0.503 e. The summed E-state index contributed by atoms with van der Waals surface area (Å²) in [4.78, 5) is 25.1. The van der Waals surface area contributed by atoms with Gasteiger partial charge in [-0.3, -0.25) is 9.59 Å². The third-order valence-corrected chi connectivity index (χ3v) is 3.25. The average Bonchev–Trinajstić information content (AvgIpc) is 2.54. The number of nitrogens with zero attached hydrogens (tertiary/aromatic N) is 2. The lowest BCUT2D eigenvalue weighted by Crippen LogP contribution is -2.53. The van der Waals surface area contributed by atoms with E-state index in [4.69, 9.17) is 4.74 Å². The molecule has 1 amide bonds. The van der Waals surface area contributed by atoms with Gasteiger partial charge in [0, 0.05) is 6.54 Å². The number of carbonyl (C=O) groups excluding carboxylic acids is 1. The van der Waals surface area contributed by atoms with E-state index < -0.39 is 35.7 Å². The molecule has 7 nitrogen and oxygen atoms in total. The third kappa shape index (κ3) is 3.99. The Morgan fingerprint density at radius 1 is 1.25 bits per heavy atom. The van der Waals surface area contributed by atoms with Crippen LogP contribution in [-0.4, -0.2) is 51.6 Å². The quantitative estimate of drug-likeness (QED) is 0.680. The fourth-order valence-electron chi connectivity index (χ4n) is 2.38. The van der Waals surface area contributed by atoms with Gasteiger partial charge in [-0.25, -0.2) is 0 Å². The van der Waals surface area contributed by atoms with Crippen molar-refractivity contribution in [3.8, 4) is 24.3 Å². The minimum absolute atomic E-state index is 0.0837. The van der Waals surface area contributed by atoms with Crippen molar-refractivity contribution in [1.82, 2.24) is 9.47 Å². The van der Waals surface area contributed by atoms with E-state index >= 15 is 0 Å². The van der Waals surface area contributed by atoms with E-state index in [1.54, 1.807) is 0 Å². The molecule has 2 aliphatic heterocycles. The second-order valence-electron chi connectivity index (χ2n) is 4.62. The first-order valence-electron chi connectivity index (χ1n) is 6.66. The molecule has 1 aromatic rings. The van der Waals surface area contributed by atoms with E-state index in [9.17, 15) is 33.0 Å². The van der Waals surface area contributed by atoms with Crippen LogP contribution in [0, 0.1) is 12.8 Å². The predicted molar refractivity (Wildman–Crippen MR) is 76.4 cm³/mol. The van der Waals surface area contributed by atoms with Crippen LogP contribution in [0.15, 0.2) is 11.0 Å². The van der Waals surface area contributed by atoms with Crippen molar-refractivity contribution >= 4 is 5.91 Å². The summed E-state index contributed by atoms with van der Waals surface area (Å²) < 4.78 is 35.8. The molecule has 132 valence electrons. The van der Waals surface area contributed by atoms with Crippen molar-refractivity contribution in [3.05, 3.63) is 22.1 Å². The topological polar surface area (TPSA) is 92.0 Å². The Hall–Kier alpha value is -2.67. The Morgan fingerprint density at radius 3 is 2.42 bits per heavy atom. The molecule has 10 heteroatoms. The van der Waals surface area contributed by atoms with E-state index in [0.29, 0.717) is 19.7 Å². The summed E-state index contributed by atoms with van der Waals surface area (Å²) in [6.07, 6.45) is 9.48. The molecule has 0 spiro atoms. The number of alkyl halides is 3. The lowest BCUT2D eigenvalue weighted by atomic mass is 10.1. The van der Waals surface area contributed by atoms with Crippen LogP contribution >= 0.6 is 0 Å². The molecule has 1 atom stereocenters. The molecule has 0 aliphatic carbocycles. The van der Waals surface area contributed by atoms with Gasteiger partial charge >= 0.3 is 6.68 Å². The molecule has 1 saturated heterocycles. The number of fused-ring (bicyclic) bond motifs is 2. The number of amides is 1.